The molecular weight excluding hydrogens is 1170 g/mol. The third kappa shape index (κ3) is 27.8. The third-order valence-electron chi connectivity index (χ3n) is 12.2. The van der Waals surface area contributed by atoms with Gasteiger partial charge < -0.3 is 98.4 Å². The van der Waals surface area contributed by atoms with Crippen LogP contribution in [0.3, 0.4) is 0 Å². The van der Waals surface area contributed by atoms with E-state index < -0.39 is 116 Å². The smallest absolute Gasteiger partial charge is 0.756 e. The number of carboxylic acids is 1. The molecule has 470 valence electrons. The van der Waals surface area contributed by atoms with Crippen LogP contribution < -0.4 is 49.8 Å². The van der Waals surface area contributed by atoms with Gasteiger partial charge in [-0.1, -0.05) is 48.6 Å². The summed E-state index contributed by atoms with van der Waals surface area (Å²) in [5, 5.41) is 67.1. The Morgan fingerprint density at radius 3 is 2.24 bits per heavy atom. The number of phosphoric acid groups is 1. The van der Waals surface area contributed by atoms with Gasteiger partial charge in [0, 0.05) is 70.5 Å². The van der Waals surface area contributed by atoms with Crippen LogP contribution in [0.2, 0.25) is 0 Å². The first kappa shape index (κ1) is 74.2. The van der Waals surface area contributed by atoms with Gasteiger partial charge >= 0.3 is 53.6 Å². The molecule has 0 saturated carbocycles. The van der Waals surface area contributed by atoms with Crippen molar-refractivity contribution in [3.63, 3.8) is 0 Å². The molecule has 10 atom stereocenters. The minimum atomic E-state index is -5.36. The number of aliphatic hydroxyl groups is 5. The molecule has 1 unspecified atom stereocenters. The summed E-state index contributed by atoms with van der Waals surface area (Å²) in [6, 6.07) is 4.03. The number of phosphoric ester groups is 1. The van der Waals surface area contributed by atoms with Crippen LogP contribution in [-0.4, -0.2) is 221 Å². The van der Waals surface area contributed by atoms with Gasteiger partial charge in [-0.25, -0.2) is 14.4 Å². The van der Waals surface area contributed by atoms with E-state index in [4.69, 9.17) is 37.9 Å². The molecule has 0 aliphatic carbocycles. The van der Waals surface area contributed by atoms with Gasteiger partial charge in [0.05, 0.1) is 58.0 Å². The van der Waals surface area contributed by atoms with Crippen molar-refractivity contribution in [1.29, 1.82) is 0 Å². The molecule has 5 amide bonds. The Morgan fingerprint density at radius 2 is 1.57 bits per heavy atom. The van der Waals surface area contributed by atoms with Gasteiger partial charge in [-0.05, 0) is 43.2 Å². The Morgan fingerprint density at radius 1 is 0.895 bits per heavy atom. The number of nitrogens with one attached hydrogen (secondary N) is 2. The molecular formula is C54H72N4NaO26P. The maximum absolute atomic E-state index is 13.1. The topological polar surface area (TPSA) is 432 Å². The molecule has 0 spiro atoms. The Hall–Kier alpha value is -6.03. The van der Waals surface area contributed by atoms with Crippen LogP contribution in [0.5, 0.6) is 5.75 Å². The molecule has 0 radical (unpaired) electrons. The molecule has 0 bridgehead atoms. The number of hydrogen-bond donors (Lipinski definition) is 9. The Labute approximate surface area is 516 Å². The average Bonchev–Trinajstić information content (AvgIpc) is 1.69. The summed E-state index contributed by atoms with van der Waals surface area (Å²) >= 11 is 0. The van der Waals surface area contributed by atoms with E-state index in [1.165, 1.54) is 97.8 Å². The van der Waals surface area contributed by atoms with E-state index in [1.54, 1.807) is 6.08 Å². The van der Waals surface area contributed by atoms with Gasteiger partial charge in [-0.15, -0.1) is 0 Å². The first-order valence-electron chi connectivity index (χ1n) is 26.6. The second kappa shape index (κ2) is 38.3. The molecule has 1 aromatic rings. The molecule has 30 nitrogen and oxygen atoms in total. The number of aliphatic carboxylic acids is 1. The molecule has 1 fully saturated rings. The number of rotatable bonds is 37. The van der Waals surface area contributed by atoms with Gasteiger partial charge in [-0.3, -0.25) is 33.4 Å². The van der Waals surface area contributed by atoms with Crippen LogP contribution in [0.4, 0.5) is 10.5 Å². The van der Waals surface area contributed by atoms with Crippen molar-refractivity contribution in [2.24, 2.45) is 0 Å². The predicted octanol–water partition coefficient (Wildman–Crippen LogP) is -3.89. The Balaban J connectivity index is 0.0000194. The van der Waals surface area contributed by atoms with Crippen molar-refractivity contribution in [2.75, 3.05) is 78.2 Å². The van der Waals surface area contributed by atoms with Gasteiger partial charge in [0.1, 0.15) is 55.1 Å². The monoisotopic (exact) mass is 1250 g/mol. The molecule has 3 aliphatic rings. The molecule has 9 N–H and O–H groups in total. The molecule has 3 heterocycles. The van der Waals surface area contributed by atoms with E-state index >= 15 is 0 Å². The normalized spacial score (nSPS) is 21.6. The number of cyclic esters (lactones) is 1. The van der Waals surface area contributed by atoms with Gasteiger partial charge in [0.15, 0.2) is 6.10 Å². The minimum Gasteiger partial charge on any atom is -0.756 e. The molecule has 3 aliphatic heterocycles. The summed E-state index contributed by atoms with van der Waals surface area (Å²) in [6.45, 7) is 1.82. The number of amides is 5. The van der Waals surface area contributed by atoms with E-state index in [-0.39, 0.29) is 139 Å². The maximum atomic E-state index is 13.1. The van der Waals surface area contributed by atoms with Crippen LogP contribution in [0.25, 0.3) is 0 Å². The van der Waals surface area contributed by atoms with Crippen LogP contribution in [0.15, 0.2) is 91.1 Å². The van der Waals surface area contributed by atoms with Crippen LogP contribution >= 0.6 is 7.82 Å². The fraction of sp³-hybridized carbons (Fsp3) is 0.519. The third-order valence-corrected chi connectivity index (χ3v) is 12.7. The van der Waals surface area contributed by atoms with E-state index in [9.17, 15) is 83.3 Å². The van der Waals surface area contributed by atoms with E-state index in [0.29, 0.717) is 12.0 Å². The van der Waals surface area contributed by atoms with Crippen molar-refractivity contribution < 1.29 is 155 Å². The number of hydrogen-bond acceptors (Lipinski definition) is 24. The Kier molecular flexibility index (Phi) is 33.0. The number of carboxylic acid groups (broad SMARTS) is 1. The number of anilines is 1. The van der Waals surface area contributed by atoms with E-state index in [0.717, 1.165) is 11.0 Å². The number of esters is 2. The second-order valence-electron chi connectivity index (χ2n) is 19.1. The van der Waals surface area contributed by atoms with Gasteiger partial charge in [0.25, 0.3) is 19.6 Å². The van der Waals surface area contributed by atoms with Gasteiger partial charge in [0.2, 0.25) is 18.1 Å². The summed E-state index contributed by atoms with van der Waals surface area (Å²) in [7, 11) is -3.92. The fourth-order valence-electron chi connectivity index (χ4n) is 7.65. The molecule has 1 saturated heterocycles. The van der Waals surface area contributed by atoms with Crippen molar-refractivity contribution in [2.45, 2.75) is 107 Å². The number of allylic oxidation sites excluding steroid dienone is 4. The average molecular weight is 1250 g/mol. The largest absolute Gasteiger partial charge is 1.00 e. The number of aliphatic hydroxyl groups excluding tert-OH is 4. The number of benzene rings is 1. The van der Waals surface area contributed by atoms with Crippen LogP contribution in [-0.2, 0) is 82.4 Å². The van der Waals surface area contributed by atoms with Crippen molar-refractivity contribution >= 4 is 61.1 Å². The molecule has 86 heavy (non-hydrogen) atoms. The molecule has 0 aromatic heterocycles. The molecule has 32 heteroatoms. The molecule has 4 rings (SSSR count). The zero-order valence-corrected chi connectivity index (χ0v) is 50.4. The standard InChI is InChI=1S/C54H73N4O26P.Na/c1-54(72,21-18-37-11-8-12-46(65)81-37)40(84-85(73,74)75)33-36(59)10-6-4-3-5-7-25-79-53(71)57(2)23-9-13-45(64)80-34-35-14-15-39(82-52-49(68)47(66)48(67)50(83-52)51(69)70)38(32-35)56-42(61)19-22-55-41(60)20-26-76-28-30-78-31-29-77-27-24-58-43(62)16-17-44(58)63;/h3-8,10,12,14-18,21,32,36-37,40,47-50,52,59,66-68,72H,9,11,13,19-20,22-31,33-34H2,1-2H3,(H,55,60)(H,56,61)(H,69,70)(H2,73,74,75);/q;+1/p-1/b4-3-,7-5+,10-6-,21-18+;/t36-,37-,40-,47+,48+,49-,50+,52-,54-;/m1./s1. The number of carbonyl (C=O) groups excluding carboxylic acids is 7. The zero-order valence-electron chi connectivity index (χ0n) is 47.5. The van der Waals surface area contributed by atoms with Crippen LogP contribution in [0, 0.1) is 0 Å². The summed E-state index contributed by atoms with van der Waals surface area (Å²) in [5.41, 5.74) is -1.81. The van der Waals surface area contributed by atoms with Gasteiger partial charge in [-0.2, -0.15) is 0 Å². The summed E-state index contributed by atoms with van der Waals surface area (Å²) < 4.78 is 59.0. The second-order valence-corrected chi connectivity index (χ2v) is 20.3. The quantitative estimate of drug-likeness (QED) is 0.00449. The summed E-state index contributed by atoms with van der Waals surface area (Å²) in [6.07, 6.45) is 1.62. The van der Waals surface area contributed by atoms with Crippen molar-refractivity contribution in [3.05, 3.63) is 96.7 Å². The fourth-order valence-corrected chi connectivity index (χ4v) is 8.28. The first-order chi connectivity index (χ1) is 40.3. The van der Waals surface area contributed by atoms with Crippen molar-refractivity contribution in [3.8, 4) is 5.75 Å². The van der Waals surface area contributed by atoms with Crippen LogP contribution in [0.1, 0.15) is 51.0 Å². The number of nitrogens with zero attached hydrogens (tertiary/aromatic N) is 2. The minimum absolute atomic E-state index is 0. The van der Waals surface area contributed by atoms with E-state index in [1.807, 2.05) is 0 Å². The Bertz CT molecular complexity index is 2640. The maximum Gasteiger partial charge on any atom is 1.00 e. The zero-order chi connectivity index (χ0) is 62.5. The number of imide groups is 1. The molecule has 1 aromatic carbocycles. The SMILES string of the molecule is CN(CCCC(=O)OCc1ccc(O[C@@H]2O[C@H](C(=O)O)[C@@H](O)[C@H](O)[C@H]2O)c(NC(=O)CCNC(=O)CCOCCOCCOCCN2C(=O)C=CC2=O)c1)C(=O)OC/C=C/C=C\C=C/[C@@H](O)C[C@@H](OP(=O)([O-])O)[C@](C)(O)/C=C/[C@H]1CC=CC(=O)O1.[Na+]. The first-order valence-corrected chi connectivity index (χ1v) is 28.1. The number of carbonyl (C=O) groups is 8. The predicted molar refractivity (Wildman–Crippen MR) is 290 cm³/mol. The number of ether oxygens (including phenoxy) is 8. The summed E-state index contributed by atoms with van der Waals surface area (Å²) in [4.78, 5) is 120. The summed E-state index contributed by atoms with van der Waals surface area (Å²) in [5.74, 6) is -5.00. The van der Waals surface area contributed by atoms with Crippen molar-refractivity contribution in [1.82, 2.24) is 15.1 Å². The van der Waals surface area contributed by atoms with E-state index in [2.05, 4.69) is 15.2 Å².